The van der Waals surface area contributed by atoms with Crippen molar-refractivity contribution in [1.29, 1.82) is 0 Å². The molecule has 1 saturated heterocycles. The summed E-state index contributed by atoms with van der Waals surface area (Å²) in [6.07, 6.45) is -0.129. The van der Waals surface area contributed by atoms with Crippen LogP contribution >= 0.6 is 0 Å². The molecule has 1 fully saturated rings. The molecule has 0 aliphatic carbocycles. The standard InChI is InChI=1S/C15H15F2N3O4S/c1-23-13-5-6-14(19-18-13)24-10-7-8-20(9-10)25(21,22)15-11(16)3-2-4-12(15)17/h2-6,10H,7-9H2,1H3. The third-order valence-corrected chi connectivity index (χ3v) is 5.65. The lowest BCUT2D eigenvalue weighted by atomic mass is 10.3. The molecule has 0 spiro atoms. The first-order valence-corrected chi connectivity index (χ1v) is 8.84. The molecule has 1 aliphatic rings. The van der Waals surface area contributed by atoms with Gasteiger partial charge in [-0.1, -0.05) is 6.07 Å². The van der Waals surface area contributed by atoms with E-state index in [1.807, 2.05) is 0 Å². The molecule has 1 unspecified atom stereocenters. The highest BCUT2D eigenvalue weighted by atomic mass is 32.2. The van der Waals surface area contributed by atoms with Crippen LogP contribution in [0.25, 0.3) is 0 Å². The maximum absolute atomic E-state index is 13.8. The fourth-order valence-corrected chi connectivity index (χ4v) is 4.12. The molecule has 0 saturated carbocycles. The van der Waals surface area contributed by atoms with Crippen LogP contribution in [-0.2, 0) is 10.0 Å². The summed E-state index contributed by atoms with van der Waals surface area (Å²) < 4.78 is 64.1. The van der Waals surface area contributed by atoms with E-state index in [1.165, 1.54) is 7.11 Å². The molecule has 25 heavy (non-hydrogen) atoms. The minimum Gasteiger partial charge on any atom is -0.480 e. The van der Waals surface area contributed by atoms with E-state index in [0.717, 1.165) is 22.5 Å². The molecule has 1 aromatic carbocycles. The summed E-state index contributed by atoms with van der Waals surface area (Å²) in [5.41, 5.74) is 0. The zero-order valence-electron chi connectivity index (χ0n) is 13.2. The number of rotatable bonds is 5. The Morgan fingerprint density at radius 1 is 1.12 bits per heavy atom. The van der Waals surface area contributed by atoms with Gasteiger partial charge in [0.05, 0.1) is 13.7 Å². The lowest BCUT2D eigenvalue weighted by Crippen LogP contribution is -2.32. The van der Waals surface area contributed by atoms with Crippen LogP contribution in [0.2, 0.25) is 0 Å². The number of sulfonamides is 1. The highest BCUT2D eigenvalue weighted by molar-refractivity contribution is 7.89. The number of methoxy groups -OCH3 is 1. The molecule has 10 heteroatoms. The Morgan fingerprint density at radius 3 is 2.36 bits per heavy atom. The second kappa shape index (κ2) is 6.89. The SMILES string of the molecule is COc1ccc(OC2CCN(S(=O)(=O)c3c(F)cccc3F)C2)nn1. The normalized spacial score (nSPS) is 18.3. The Kier molecular flexibility index (Phi) is 4.82. The number of nitrogens with zero attached hydrogens (tertiary/aromatic N) is 3. The Morgan fingerprint density at radius 2 is 1.76 bits per heavy atom. The predicted molar refractivity (Wildman–Crippen MR) is 82.7 cm³/mol. The summed E-state index contributed by atoms with van der Waals surface area (Å²) in [5, 5.41) is 7.55. The van der Waals surface area contributed by atoms with Crippen molar-refractivity contribution >= 4 is 10.0 Å². The molecule has 0 N–H and O–H groups in total. The van der Waals surface area contributed by atoms with Crippen LogP contribution in [0.15, 0.2) is 35.2 Å². The van der Waals surface area contributed by atoms with Crippen LogP contribution in [0.4, 0.5) is 8.78 Å². The molecule has 1 atom stereocenters. The van der Waals surface area contributed by atoms with Crippen molar-refractivity contribution in [2.75, 3.05) is 20.2 Å². The smallest absolute Gasteiger partial charge is 0.249 e. The van der Waals surface area contributed by atoms with Crippen LogP contribution in [0, 0.1) is 11.6 Å². The molecule has 0 bridgehead atoms. The number of hydrogen-bond donors (Lipinski definition) is 0. The van der Waals surface area contributed by atoms with Gasteiger partial charge in [-0.15, -0.1) is 10.2 Å². The number of ether oxygens (including phenoxy) is 2. The zero-order chi connectivity index (χ0) is 18.0. The number of halogens is 2. The van der Waals surface area contributed by atoms with E-state index in [-0.39, 0.29) is 19.0 Å². The van der Waals surface area contributed by atoms with Crippen molar-refractivity contribution in [3.8, 4) is 11.8 Å². The number of hydrogen-bond acceptors (Lipinski definition) is 6. The molecule has 3 rings (SSSR count). The Balaban J connectivity index is 1.73. The van der Waals surface area contributed by atoms with Crippen LogP contribution in [0.5, 0.6) is 11.8 Å². The van der Waals surface area contributed by atoms with Gasteiger partial charge < -0.3 is 9.47 Å². The third-order valence-electron chi connectivity index (χ3n) is 3.74. The van der Waals surface area contributed by atoms with Crippen molar-refractivity contribution in [2.45, 2.75) is 17.4 Å². The average Bonchev–Trinajstić information content (AvgIpc) is 3.04. The maximum Gasteiger partial charge on any atom is 0.249 e. The summed E-state index contributed by atoms with van der Waals surface area (Å²) in [6, 6.07) is 6.03. The fourth-order valence-electron chi connectivity index (χ4n) is 2.52. The molecule has 2 heterocycles. The van der Waals surface area contributed by atoms with E-state index in [2.05, 4.69) is 10.2 Å². The molecule has 134 valence electrons. The van der Waals surface area contributed by atoms with Crippen LogP contribution in [0.3, 0.4) is 0 Å². The minimum absolute atomic E-state index is 0.0379. The highest BCUT2D eigenvalue weighted by Crippen LogP contribution is 2.27. The molecule has 1 aliphatic heterocycles. The highest BCUT2D eigenvalue weighted by Gasteiger charge is 2.37. The van der Waals surface area contributed by atoms with E-state index >= 15 is 0 Å². The first-order chi connectivity index (χ1) is 11.9. The molecule has 0 radical (unpaired) electrons. The largest absolute Gasteiger partial charge is 0.480 e. The molecular weight excluding hydrogens is 356 g/mol. The second-order valence-electron chi connectivity index (χ2n) is 5.36. The van der Waals surface area contributed by atoms with Crippen LogP contribution < -0.4 is 9.47 Å². The van der Waals surface area contributed by atoms with E-state index in [9.17, 15) is 17.2 Å². The van der Waals surface area contributed by atoms with Gasteiger partial charge in [-0.05, 0) is 18.6 Å². The van der Waals surface area contributed by atoms with Gasteiger partial charge in [0.1, 0.15) is 17.7 Å². The van der Waals surface area contributed by atoms with Crippen molar-refractivity contribution in [3.63, 3.8) is 0 Å². The van der Waals surface area contributed by atoms with E-state index in [1.54, 1.807) is 12.1 Å². The fraction of sp³-hybridized carbons (Fsp3) is 0.333. The number of benzene rings is 1. The average molecular weight is 371 g/mol. The molecule has 0 amide bonds. The second-order valence-corrected chi connectivity index (χ2v) is 7.23. The van der Waals surface area contributed by atoms with Gasteiger partial charge in [-0.3, -0.25) is 0 Å². The minimum atomic E-state index is -4.29. The maximum atomic E-state index is 13.8. The van der Waals surface area contributed by atoms with Crippen molar-refractivity contribution in [3.05, 3.63) is 42.0 Å². The third kappa shape index (κ3) is 3.54. The van der Waals surface area contributed by atoms with Crippen molar-refractivity contribution in [1.82, 2.24) is 14.5 Å². The summed E-state index contributed by atoms with van der Waals surface area (Å²) in [4.78, 5) is -0.945. The summed E-state index contributed by atoms with van der Waals surface area (Å²) in [7, 11) is -2.84. The molecular formula is C15H15F2N3O4S. The summed E-state index contributed by atoms with van der Waals surface area (Å²) in [5.74, 6) is -1.71. The van der Waals surface area contributed by atoms with Gasteiger partial charge in [0.2, 0.25) is 21.8 Å². The van der Waals surface area contributed by atoms with Gasteiger partial charge in [0.25, 0.3) is 0 Å². The first-order valence-electron chi connectivity index (χ1n) is 7.40. The summed E-state index contributed by atoms with van der Waals surface area (Å²) >= 11 is 0. The van der Waals surface area contributed by atoms with Crippen molar-refractivity contribution in [2.24, 2.45) is 0 Å². The molecule has 2 aromatic rings. The van der Waals surface area contributed by atoms with Crippen LogP contribution in [-0.4, -0.2) is 49.2 Å². The number of aromatic nitrogens is 2. The predicted octanol–water partition coefficient (Wildman–Crippen LogP) is 1.61. The summed E-state index contributed by atoms with van der Waals surface area (Å²) in [6.45, 7) is 0.0498. The van der Waals surface area contributed by atoms with Gasteiger partial charge >= 0.3 is 0 Å². The quantitative estimate of drug-likeness (QED) is 0.794. The van der Waals surface area contributed by atoms with Gasteiger partial charge in [0.15, 0.2) is 4.90 Å². The molecule has 7 nitrogen and oxygen atoms in total. The molecule has 1 aromatic heterocycles. The lowest BCUT2D eigenvalue weighted by molar-refractivity contribution is 0.203. The Hall–Kier alpha value is -2.33. The van der Waals surface area contributed by atoms with E-state index in [4.69, 9.17) is 9.47 Å². The topological polar surface area (TPSA) is 81.6 Å². The lowest BCUT2D eigenvalue weighted by Gasteiger charge is -2.17. The Labute approximate surface area is 143 Å². The van der Waals surface area contributed by atoms with Gasteiger partial charge in [0, 0.05) is 18.7 Å². The Bertz CT molecular complexity index is 841. The van der Waals surface area contributed by atoms with Gasteiger partial charge in [-0.25, -0.2) is 17.2 Å². The first kappa shape index (κ1) is 17.5. The van der Waals surface area contributed by atoms with E-state index in [0.29, 0.717) is 12.3 Å². The zero-order valence-corrected chi connectivity index (χ0v) is 14.0. The van der Waals surface area contributed by atoms with Gasteiger partial charge in [-0.2, -0.15) is 4.31 Å². The van der Waals surface area contributed by atoms with Crippen molar-refractivity contribution < 1.29 is 26.7 Å². The van der Waals surface area contributed by atoms with Crippen LogP contribution in [0.1, 0.15) is 6.42 Å². The monoisotopic (exact) mass is 371 g/mol. The van der Waals surface area contributed by atoms with E-state index < -0.39 is 32.7 Å².